The van der Waals surface area contributed by atoms with E-state index in [1.165, 1.54) is 0 Å². The molecule has 1 aliphatic heterocycles. The van der Waals surface area contributed by atoms with Crippen LogP contribution >= 0.6 is 28.1 Å². The SMILES string of the molecule is CC(Nc1cccc(Br)c1C(N)=S)C1CCOCC1. The molecule has 1 unspecified atom stereocenters. The van der Waals surface area contributed by atoms with Crippen LogP contribution in [-0.4, -0.2) is 24.2 Å². The summed E-state index contributed by atoms with van der Waals surface area (Å²) in [6.07, 6.45) is 2.20. The molecule has 1 heterocycles. The van der Waals surface area contributed by atoms with E-state index in [0.29, 0.717) is 16.9 Å². The number of ether oxygens (including phenoxy) is 1. The highest BCUT2D eigenvalue weighted by Crippen LogP contribution is 2.28. The molecule has 2 rings (SSSR count). The highest BCUT2D eigenvalue weighted by Gasteiger charge is 2.21. The molecule has 1 aliphatic rings. The third-order valence-electron chi connectivity index (χ3n) is 3.62. The van der Waals surface area contributed by atoms with E-state index in [4.69, 9.17) is 22.7 Å². The summed E-state index contributed by atoms with van der Waals surface area (Å²) in [4.78, 5) is 0.411. The van der Waals surface area contributed by atoms with Crippen LogP contribution in [0.4, 0.5) is 5.69 Å². The zero-order chi connectivity index (χ0) is 13.8. The first-order valence-electron chi connectivity index (χ1n) is 6.52. The van der Waals surface area contributed by atoms with E-state index in [9.17, 15) is 0 Å². The molecule has 0 bridgehead atoms. The van der Waals surface area contributed by atoms with Crippen LogP contribution in [0, 0.1) is 5.92 Å². The van der Waals surface area contributed by atoms with Gasteiger partial charge >= 0.3 is 0 Å². The summed E-state index contributed by atoms with van der Waals surface area (Å²) >= 11 is 8.64. The lowest BCUT2D eigenvalue weighted by Gasteiger charge is -2.29. The molecule has 1 atom stereocenters. The molecule has 3 N–H and O–H groups in total. The monoisotopic (exact) mass is 342 g/mol. The Morgan fingerprint density at radius 1 is 1.47 bits per heavy atom. The zero-order valence-electron chi connectivity index (χ0n) is 11.0. The van der Waals surface area contributed by atoms with Gasteiger partial charge in [-0.2, -0.15) is 0 Å². The van der Waals surface area contributed by atoms with Crippen molar-refractivity contribution in [3.05, 3.63) is 28.2 Å². The molecule has 0 spiro atoms. The van der Waals surface area contributed by atoms with Gasteiger partial charge in [-0.1, -0.05) is 18.3 Å². The number of thiocarbonyl (C=S) groups is 1. The average Bonchev–Trinajstić information content (AvgIpc) is 2.39. The zero-order valence-corrected chi connectivity index (χ0v) is 13.4. The van der Waals surface area contributed by atoms with Gasteiger partial charge in [0.05, 0.1) is 0 Å². The van der Waals surface area contributed by atoms with Gasteiger partial charge in [0.1, 0.15) is 4.99 Å². The molecule has 0 radical (unpaired) electrons. The van der Waals surface area contributed by atoms with E-state index in [1.54, 1.807) is 0 Å². The largest absolute Gasteiger partial charge is 0.389 e. The number of rotatable bonds is 4. The van der Waals surface area contributed by atoms with Crippen LogP contribution in [0.15, 0.2) is 22.7 Å². The molecule has 0 amide bonds. The van der Waals surface area contributed by atoms with Crippen LogP contribution in [0.2, 0.25) is 0 Å². The van der Waals surface area contributed by atoms with Gasteiger partial charge in [-0.3, -0.25) is 0 Å². The molecule has 1 aromatic carbocycles. The Morgan fingerprint density at radius 2 is 2.16 bits per heavy atom. The molecule has 104 valence electrons. The Balaban J connectivity index is 2.14. The van der Waals surface area contributed by atoms with Crippen LogP contribution in [0.3, 0.4) is 0 Å². The van der Waals surface area contributed by atoms with Gasteiger partial charge in [0, 0.05) is 35.0 Å². The molecule has 3 nitrogen and oxygen atoms in total. The number of hydrogen-bond donors (Lipinski definition) is 2. The van der Waals surface area contributed by atoms with E-state index in [0.717, 1.165) is 41.8 Å². The van der Waals surface area contributed by atoms with E-state index < -0.39 is 0 Å². The van der Waals surface area contributed by atoms with Crippen LogP contribution in [0.1, 0.15) is 25.3 Å². The number of anilines is 1. The molecule has 0 aliphatic carbocycles. The fraction of sp³-hybridized carbons (Fsp3) is 0.500. The normalized spacial score (nSPS) is 18.0. The van der Waals surface area contributed by atoms with Gasteiger partial charge in [0.2, 0.25) is 0 Å². The Hall–Kier alpha value is -0.650. The van der Waals surface area contributed by atoms with Crippen LogP contribution in [-0.2, 0) is 4.74 Å². The Bertz CT molecular complexity index is 461. The van der Waals surface area contributed by atoms with Gasteiger partial charge in [-0.25, -0.2) is 0 Å². The highest BCUT2D eigenvalue weighted by molar-refractivity contribution is 9.10. The third kappa shape index (κ3) is 3.68. The van der Waals surface area contributed by atoms with Gasteiger partial charge in [-0.05, 0) is 53.7 Å². The highest BCUT2D eigenvalue weighted by atomic mass is 79.9. The predicted octanol–water partition coefficient (Wildman–Crippen LogP) is 3.31. The van der Waals surface area contributed by atoms with Crippen molar-refractivity contribution in [1.29, 1.82) is 0 Å². The van der Waals surface area contributed by atoms with Crippen molar-refractivity contribution in [2.75, 3.05) is 18.5 Å². The lowest BCUT2D eigenvalue weighted by atomic mass is 9.92. The van der Waals surface area contributed by atoms with Gasteiger partial charge in [0.15, 0.2) is 0 Å². The van der Waals surface area contributed by atoms with Crippen molar-refractivity contribution >= 4 is 38.8 Å². The molecule has 1 aromatic rings. The molecule has 1 saturated heterocycles. The number of nitrogens with two attached hydrogens (primary N) is 1. The smallest absolute Gasteiger partial charge is 0.107 e. The van der Waals surface area contributed by atoms with E-state index in [2.05, 4.69) is 28.2 Å². The second-order valence-corrected chi connectivity index (χ2v) is 6.20. The second-order valence-electron chi connectivity index (χ2n) is 4.91. The van der Waals surface area contributed by atoms with Crippen molar-refractivity contribution in [2.24, 2.45) is 11.7 Å². The summed E-state index contributed by atoms with van der Waals surface area (Å²) in [7, 11) is 0. The van der Waals surface area contributed by atoms with E-state index in [-0.39, 0.29) is 0 Å². The van der Waals surface area contributed by atoms with Crippen molar-refractivity contribution in [1.82, 2.24) is 0 Å². The van der Waals surface area contributed by atoms with Gasteiger partial charge in [-0.15, -0.1) is 0 Å². The Labute approximate surface area is 128 Å². The molecule has 19 heavy (non-hydrogen) atoms. The van der Waals surface area contributed by atoms with Crippen molar-refractivity contribution < 1.29 is 4.74 Å². The van der Waals surface area contributed by atoms with Crippen LogP contribution in [0.25, 0.3) is 0 Å². The minimum atomic E-state index is 0.381. The molecular weight excluding hydrogens is 324 g/mol. The standard InChI is InChI=1S/C14H19BrN2OS/c1-9(10-5-7-18-8-6-10)17-12-4-2-3-11(15)13(12)14(16)19/h2-4,9-10,17H,5-8H2,1H3,(H2,16,19). The Kier molecular flexibility index (Phi) is 5.19. The first-order valence-corrected chi connectivity index (χ1v) is 7.72. The van der Waals surface area contributed by atoms with Crippen molar-refractivity contribution in [3.63, 3.8) is 0 Å². The summed E-state index contributed by atoms with van der Waals surface area (Å²) < 4.78 is 6.34. The predicted molar refractivity (Wildman–Crippen MR) is 86.7 cm³/mol. The fourth-order valence-corrected chi connectivity index (χ4v) is 3.40. The fourth-order valence-electron chi connectivity index (χ4n) is 2.47. The molecule has 0 saturated carbocycles. The molecular formula is C14H19BrN2OS. The summed E-state index contributed by atoms with van der Waals surface area (Å²) in [5.41, 5.74) is 7.70. The molecule has 0 aromatic heterocycles. The van der Waals surface area contributed by atoms with Crippen molar-refractivity contribution in [2.45, 2.75) is 25.8 Å². The van der Waals surface area contributed by atoms with E-state index >= 15 is 0 Å². The minimum Gasteiger partial charge on any atom is -0.389 e. The van der Waals surface area contributed by atoms with Crippen LogP contribution < -0.4 is 11.1 Å². The number of nitrogens with one attached hydrogen (secondary N) is 1. The number of benzene rings is 1. The maximum Gasteiger partial charge on any atom is 0.107 e. The number of hydrogen-bond acceptors (Lipinski definition) is 3. The summed E-state index contributed by atoms with van der Waals surface area (Å²) in [5.74, 6) is 0.631. The first kappa shape index (κ1) is 14.8. The molecule has 1 fully saturated rings. The van der Waals surface area contributed by atoms with Crippen molar-refractivity contribution in [3.8, 4) is 0 Å². The summed E-state index contributed by atoms with van der Waals surface area (Å²) in [5, 5.41) is 3.55. The van der Waals surface area contributed by atoms with E-state index in [1.807, 2.05) is 18.2 Å². The lowest BCUT2D eigenvalue weighted by Crippen LogP contribution is -2.31. The maximum atomic E-state index is 5.81. The lowest BCUT2D eigenvalue weighted by molar-refractivity contribution is 0.0622. The second kappa shape index (κ2) is 6.68. The molecule has 5 heteroatoms. The Morgan fingerprint density at radius 3 is 2.79 bits per heavy atom. The van der Waals surface area contributed by atoms with Crippen LogP contribution in [0.5, 0.6) is 0 Å². The minimum absolute atomic E-state index is 0.381. The van der Waals surface area contributed by atoms with Gasteiger partial charge in [0.25, 0.3) is 0 Å². The topological polar surface area (TPSA) is 47.3 Å². The van der Waals surface area contributed by atoms with Gasteiger partial charge < -0.3 is 15.8 Å². The number of halogens is 1. The average molecular weight is 343 g/mol. The first-order chi connectivity index (χ1) is 9.09. The summed E-state index contributed by atoms with van der Waals surface area (Å²) in [6.45, 7) is 3.93. The summed E-state index contributed by atoms with van der Waals surface area (Å²) in [6, 6.07) is 6.35. The quantitative estimate of drug-likeness (QED) is 0.824. The third-order valence-corrected chi connectivity index (χ3v) is 4.48. The maximum absolute atomic E-state index is 5.81.